The Morgan fingerprint density at radius 1 is 1.03 bits per heavy atom. The number of carbonyl (C=O) groups excluding carboxylic acids is 2. The van der Waals surface area contributed by atoms with E-state index < -0.39 is 0 Å². The third kappa shape index (κ3) is 4.13. The van der Waals surface area contributed by atoms with Gasteiger partial charge in [-0.15, -0.1) is 0 Å². The van der Waals surface area contributed by atoms with Gasteiger partial charge >= 0.3 is 5.97 Å². The van der Waals surface area contributed by atoms with Gasteiger partial charge in [0.2, 0.25) is 0 Å². The van der Waals surface area contributed by atoms with Gasteiger partial charge < -0.3 is 14.6 Å². The van der Waals surface area contributed by atoms with Crippen LogP contribution in [0, 0.1) is 5.92 Å². The van der Waals surface area contributed by atoms with Gasteiger partial charge in [-0.25, -0.2) is 9.97 Å². The van der Waals surface area contributed by atoms with Crippen molar-refractivity contribution in [3.63, 3.8) is 0 Å². The average molecular weight is 392 g/mol. The topological polar surface area (TPSA) is 86.1 Å². The SMILES string of the molecule is COC(=O)[C@H]1CC[C@H](NC(=O)c2ccc(-c3nc4ccn(C)cc-4n3)cc2)CC1. The molecule has 0 radical (unpaired) electrons. The maximum Gasteiger partial charge on any atom is 0.308 e. The van der Waals surface area contributed by atoms with Crippen molar-refractivity contribution in [3.8, 4) is 22.8 Å². The van der Waals surface area contributed by atoms with Gasteiger partial charge in [-0.05, 0) is 43.9 Å². The number of aromatic nitrogens is 3. The van der Waals surface area contributed by atoms with E-state index in [1.54, 1.807) is 12.1 Å². The van der Waals surface area contributed by atoms with Gasteiger partial charge in [0.15, 0.2) is 5.82 Å². The Hall–Kier alpha value is -3.22. The van der Waals surface area contributed by atoms with Crippen LogP contribution >= 0.6 is 0 Å². The largest absolute Gasteiger partial charge is 0.469 e. The molecule has 0 spiro atoms. The van der Waals surface area contributed by atoms with Gasteiger partial charge in [0.1, 0.15) is 5.69 Å². The lowest BCUT2D eigenvalue weighted by Gasteiger charge is -2.27. The number of carbonyl (C=O) groups is 2. The number of aryl methyl sites for hydroxylation is 1. The van der Waals surface area contributed by atoms with Crippen LogP contribution in [0.3, 0.4) is 0 Å². The number of benzene rings is 1. The molecule has 0 aromatic heterocycles. The molecule has 1 N–H and O–H groups in total. The molecule has 0 atom stereocenters. The molecule has 1 fully saturated rings. The number of hydrogen-bond donors (Lipinski definition) is 1. The van der Waals surface area contributed by atoms with E-state index in [9.17, 15) is 9.59 Å². The van der Waals surface area contributed by atoms with E-state index in [0.717, 1.165) is 42.6 Å². The summed E-state index contributed by atoms with van der Waals surface area (Å²) < 4.78 is 6.75. The molecule has 2 aliphatic heterocycles. The van der Waals surface area contributed by atoms with Crippen molar-refractivity contribution in [3.05, 3.63) is 48.3 Å². The van der Waals surface area contributed by atoms with Crippen molar-refractivity contribution in [1.29, 1.82) is 0 Å². The summed E-state index contributed by atoms with van der Waals surface area (Å²) in [5, 5.41) is 3.07. The summed E-state index contributed by atoms with van der Waals surface area (Å²) in [7, 11) is 3.37. The fraction of sp³-hybridized carbons (Fsp3) is 0.364. The van der Waals surface area contributed by atoms with Gasteiger partial charge in [-0.2, -0.15) is 0 Å². The maximum atomic E-state index is 12.6. The number of amides is 1. The molecule has 1 aromatic carbocycles. The molecule has 1 amide bonds. The number of nitrogens with one attached hydrogen (secondary N) is 1. The Morgan fingerprint density at radius 2 is 1.72 bits per heavy atom. The Morgan fingerprint density at radius 3 is 2.41 bits per heavy atom. The van der Waals surface area contributed by atoms with E-state index in [1.165, 1.54) is 7.11 Å². The molecule has 1 saturated carbocycles. The Labute approximate surface area is 169 Å². The highest BCUT2D eigenvalue weighted by Crippen LogP contribution is 2.26. The quantitative estimate of drug-likeness (QED) is 0.690. The lowest BCUT2D eigenvalue weighted by Crippen LogP contribution is -2.38. The second-order valence-electron chi connectivity index (χ2n) is 7.55. The highest BCUT2D eigenvalue weighted by atomic mass is 16.5. The van der Waals surface area contributed by atoms with Crippen LogP contribution in [0.4, 0.5) is 0 Å². The summed E-state index contributed by atoms with van der Waals surface area (Å²) in [6.45, 7) is 0. The molecule has 7 heteroatoms. The lowest BCUT2D eigenvalue weighted by atomic mass is 9.86. The van der Waals surface area contributed by atoms with Gasteiger partial charge in [0, 0.05) is 36.6 Å². The molecule has 7 nitrogen and oxygen atoms in total. The first kappa shape index (κ1) is 19.1. The Bertz CT molecular complexity index is 988. The number of nitrogens with zero attached hydrogens (tertiary/aromatic N) is 3. The zero-order valence-electron chi connectivity index (χ0n) is 16.6. The minimum absolute atomic E-state index is 0.0466. The minimum Gasteiger partial charge on any atom is -0.469 e. The molecule has 29 heavy (non-hydrogen) atoms. The van der Waals surface area contributed by atoms with Gasteiger partial charge in [0.25, 0.3) is 5.91 Å². The number of fused-ring (bicyclic) bond motifs is 1. The summed E-state index contributed by atoms with van der Waals surface area (Å²) >= 11 is 0. The van der Waals surface area contributed by atoms with Gasteiger partial charge in [0.05, 0.1) is 18.7 Å². The molecule has 0 unspecified atom stereocenters. The second kappa shape index (κ2) is 8.03. The van der Waals surface area contributed by atoms with E-state index in [0.29, 0.717) is 11.4 Å². The molecule has 0 bridgehead atoms. The highest BCUT2D eigenvalue weighted by Gasteiger charge is 2.27. The number of rotatable bonds is 4. The van der Waals surface area contributed by atoms with Crippen molar-refractivity contribution in [2.24, 2.45) is 13.0 Å². The molecule has 0 saturated heterocycles. The highest BCUT2D eigenvalue weighted by molar-refractivity contribution is 5.94. The standard InChI is InChI=1S/C22H24N4O3/c1-26-12-11-18-19(13-26)25-20(24-18)14-3-5-15(6-4-14)21(27)23-17-9-7-16(8-10-17)22(28)29-2/h3-6,11-13,16-17H,7-10H2,1-2H3,(H,23,27)/t16-,17-. The van der Waals surface area contributed by atoms with Crippen molar-refractivity contribution >= 4 is 11.9 Å². The molecular weight excluding hydrogens is 368 g/mol. The molecular formula is C22H24N4O3. The van der Waals surface area contributed by atoms with E-state index in [-0.39, 0.29) is 23.8 Å². The Balaban J connectivity index is 1.39. The van der Waals surface area contributed by atoms with E-state index in [2.05, 4.69) is 15.3 Å². The van der Waals surface area contributed by atoms with Crippen LogP contribution in [0.2, 0.25) is 0 Å². The summed E-state index contributed by atoms with van der Waals surface area (Å²) in [6.07, 6.45) is 6.94. The number of imidazole rings is 1. The van der Waals surface area contributed by atoms with Crippen molar-refractivity contribution in [2.75, 3.05) is 7.11 Å². The normalized spacial score (nSPS) is 19.1. The van der Waals surface area contributed by atoms with Crippen LogP contribution < -0.4 is 5.32 Å². The first-order valence-corrected chi connectivity index (χ1v) is 9.82. The van der Waals surface area contributed by atoms with Gasteiger partial charge in [-0.3, -0.25) is 9.59 Å². The zero-order chi connectivity index (χ0) is 20.4. The smallest absolute Gasteiger partial charge is 0.308 e. The number of esters is 1. The Kier molecular flexibility index (Phi) is 5.29. The summed E-state index contributed by atoms with van der Waals surface area (Å²) in [5.41, 5.74) is 3.17. The number of ether oxygens (including phenoxy) is 1. The van der Waals surface area contributed by atoms with E-state index >= 15 is 0 Å². The van der Waals surface area contributed by atoms with Crippen LogP contribution in [0.1, 0.15) is 36.0 Å². The number of methoxy groups -OCH3 is 1. The number of pyridine rings is 1. The molecule has 4 rings (SSSR count). The third-order valence-electron chi connectivity index (χ3n) is 5.51. The minimum atomic E-state index is -0.151. The first-order chi connectivity index (χ1) is 14.0. The van der Waals surface area contributed by atoms with Crippen molar-refractivity contribution in [1.82, 2.24) is 19.9 Å². The first-order valence-electron chi connectivity index (χ1n) is 9.82. The van der Waals surface area contributed by atoms with Crippen LogP contribution in [0.15, 0.2) is 42.7 Å². The molecule has 150 valence electrons. The fourth-order valence-corrected chi connectivity index (χ4v) is 3.82. The third-order valence-corrected chi connectivity index (χ3v) is 5.51. The van der Waals surface area contributed by atoms with Crippen molar-refractivity contribution < 1.29 is 14.3 Å². The van der Waals surface area contributed by atoms with E-state index in [1.807, 2.05) is 42.2 Å². The van der Waals surface area contributed by atoms with Crippen LogP contribution in [0.25, 0.3) is 22.8 Å². The monoisotopic (exact) mass is 392 g/mol. The summed E-state index contributed by atoms with van der Waals surface area (Å²) in [6, 6.07) is 9.36. The summed E-state index contributed by atoms with van der Waals surface area (Å²) in [5.74, 6) is 0.356. The van der Waals surface area contributed by atoms with E-state index in [4.69, 9.17) is 4.74 Å². The predicted molar refractivity (Wildman–Crippen MR) is 108 cm³/mol. The molecule has 2 heterocycles. The molecule has 1 aromatic rings. The summed E-state index contributed by atoms with van der Waals surface area (Å²) in [4.78, 5) is 33.3. The molecule has 3 aliphatic rings. The van der Waals surface area contributed by atoms with Crippen LogP contribution in [-0.2, 0) is 16.6 Å². The van der Waals surface area contributed by atoms with Crippen molar-refractivity contribution in [2.45, 2.75) is 31.7 Å². The van der Waals surface area contributed by atoms with Gasteiger partial charge in [-0.1, -0.05) is 12.1 Å². The fourth-order valence-electron chi connectivity index (χ4n) is 3.82. The lowest BCUT2D eigenvalue weighted by molar-refractivity contribution is -0.146. The average Bonchev–Trinajstić information content (AvgIpc) is 3.17. The maximum absolute atomic E-state index is 12.6. The zero-order valence-corrected chi connectivity index (χ0v) is 16.6. The second-order valence-corrected chi connectivity index (χ2v) is 7.55. The van der Waals surface area contributed by atoms with Crippen LogP contribution in [0.5, 0.6) is 0 Å². The molecule has 1 aliphatic carbocycles. The van der Waals surface area contributed by atoms with Crippen LogP contribution in [-0.4, -0.2) is 39.6 Å². The number of hydrogen-bond acceptors (Lipinski definition) is 5. The predicted octanol–water partition coefficient (Wildman–Crippen LogP) is 3.05.